The van der Waals surface area contributed by atoms with E-state index in [1.54, 1.807) is 6.88 Å². The van der Waals surface area contributed by atoms with Crippen LogP contribution in [0.5, 0.6) is 11.5 Å². The molecule has 10 heteroatoms. The fourth-order valence-corrected chi connectivity index (χ4v) is 46.6. The summed E-state index contributed by atoms with van der Waals surface area (Å²) in [6, 6.07) is 43.9. The molecule has 0 aromatic heterocycles. The Hall–Kier alpha value is -4.92. The first-order chi connectivity index (χ1) is 25.7. The summed E-state index contributed by atoms with van der Waals surface area (Å²) >= 11 is -8.05. The van der Waals surface area contributed by atoms with E-state index < -0.39 is 46.0 Å². The molecule has 0 amide bonds. The van der Waals surface area contributed by atoms with Gasteiger partial charge in [0.05, 0.1) is 0 Å². The fourth-order valence-electron chi connectivity index (χ4n) is 9.78. The molecular weight excluding hydrogens is 794 g/mol. The number of halogens is 6. The zero-order valence-electron chi connectivity index (χ0n) is 28.8. The van der Waals surface area contributed by atoms with Crippen LogP contribution < -0.4 is 12.2 Å². The summed E-state index contributed by atoms with van der Waals surface area (Å²) in [5.74, 6) is 0.213. The average Bonchev–Trinajstić information content (AvgIpc) is 3.83. The molecule has 54 heavy (non-hydrogen) atoms. The number of hydrogen-bond acceptors (Lipinski definition) is 2. The number of fused-ring (bicyclic) bond motifs is 2. The van der Waals surface area contributed by atoms with Gasteiger partial charge in [0.2, 0.25) is 0 Å². The summed E-state index contributed by atoms with van der Waals surface area (Å²) in [5.41, 5.74) is 1.75. The van der Waals surface area contributed by atoms with Gasteiger partial charge in [0, 0.05) is 0 Å². The van der Waals surface area contributed by atoms with E-state index in [1.807, 2.05) is 121 Å². The fraction of sp³-hybridized carbons (Fsp3) is 0.0909. The van der Waals surface area contributed by atoms with E-state index in [-0.39, 0.29) is 11.5 Å². The van der Waals surface area contributed by atoms with Crippen LogP contribution in [0.1, 0.15) is 40.6 Å². The Labute approximate surface area is 305 Å². The SMILES string of the molecule is FC(F)(F)c1ccc([O][Zr](=[SiH2])([O]c2ccc(C(F)(F)F)cc2)([c]2ccccc2)([c]2ccccc2)([CH]2C=Cc3ccccc32)[CH]2C=Cc3ccccc32)cc1. The Morgan fingerprint density at radius 3 is 1.11 bits per heavy atom. The topological polar surface area (TPSA) is 18.5 Å². The molecule has 0 radical (unpaired) electrons. The van der Waals surface area contributed by atoms with Gasteiger partial charge in [-0.15, -0.1) is 0 Å². The van der Waals surface area contributed by atoms with Gasteiger partial charge in [0.15, 0.2) is 0 Å². The van der Waals surface area contributed by atoms with E-state index in [4.69, 9.17) is 5.63 Å². The van der Waals surface area contributed by atoms with E-state index in [9.17, 15) is 26.3 Å². The van der Waals surface area contributed by atoms with Crippen molar-refractivity contribution < 1.29 is 47.3 Å². The molecule has 2 aliphatic carbocycles. The standard InChI is InChI=1S/2C9H7.2C7H5F3O.2C6H5.H2Si.Zr/c2*1-2-5-9-7-3-6-8(9)4-1;2*8-7(9,10)5-1-3-6(11)4-2-5;2*1-2-4-6-5-3-1;;/h2*1-7H;2*1-4,11H;2*1-5H;1H2;/q;;;;;;;+2/p-2. The second-order valence-electron chi connectivity index (χ2n) is 14.8. The van der Waals surface area contributed by atoms with Gasteiger partial charge in [0.1, 0.15) is 0 Å². The van der Waals surface area contributed by atoms with E-state index in [0.717, 1.165) is 46.5 Å². The molecule has 0 heterocycles. The van der Waals surface area contributed by atoms with Crippen LogP contribution in [-0.4, -0.2) is 6.88 Å². The monoisotopic (exact) mass is 826 g/mol. The van der Waals surface area contributed by atoms with Crippen LogP contribution in [0.3, 0.4) is 0 Å². The van der Waals surface area contributed by atoms with Crippen LogP contribution in [-0.2, 0) is 27.7 Å². The number of allylic oxidation sites excluding steroid dienone is 2. The summed E-state index contributed by atoms with van der Waals surface area (Å²) in [6.07, 6.45) is -1.11. The quantitative estimate of drug-likeness (QED) is 0.112. The summed E-state index contributed by atoms with van der Waals surface area (Å²) < 4.78 is 101. The van der Waals surface area contributed by atoms with E-state index in [2.05, 4.69) is 12.2 Å². The zero-order chi connectivity index (χ0) is 37.9. The van der Waals surface area contributed by atoms with Crippen LogP contribution >= 0.6 is 0 Å². The summed E-state index contributed by atoms with van der Waals surface area (Å²) in [4.78, 5) is 0. The predicted octanol–water partition coefficient (Wildman–Crippen LogP) is 10.5. The van der Waals surface area contributed by atoms with Crippen molar-refractivity contribution in [2.75, 3.05) is 0 Å². The van der Waals surface area contributed by atoms with Gasteiger partial charge in [-0.05, 0) is 0 Å². The maximum absolute atomic E-state index is 14.1. The minimum atomic E-state index is -8.05. The molecule has 0 fully saturated rings. The summed E-state index contributed by atoms with van der Waals surface area (Å²) in [7, 11) is 0. The molecule has 0 saturated heterocycles. The van der Waals surface area contributed by atoms with Gasteiger partial charge >= 0.3 is 307 Å². The van der Waals surface area contributed by atoms with E-state index in [1.165, 1.54) is 24.3 Å². The second-order valence-corrected chi connectivity index (χ2v) is 48.3. The molecule has 8 rings (SSSR count). The van der Waals surface area contributed by atoms with Gasteiger partial charge in [0.25, 0.3) is 0 Å². The molecule has 0 bridgehead atoms. The number of rotatable bonds is 8. The molecule has 2 aliphatic rings. The first-order valence-electron chi connectivity index (χ1n) is 17.5. The third-order valence-corrected chi connectivity index (χ3v) is 51.0. The Balaban J connectivity index is 1.67. The van der Waals surface area contributed by atoms with Crippen molar-refractivity contribution in [2.24, 2.45) is 0 Å². The third-order valence-electron chi connectivity index (χ3n) is 12.2. The number of benzene rings is 6. The molecular formula is C44H34F6O2SiZr. The molecule has 0 saturated carbocycles. The van der Waals surface area contributed by atoms with Crippen molar-refractivity contribution in [2.45, 2.75) is 19.6 Å². The first-order valence-corrected chi connectivity index (χ1v) is 30.7. The van der Waals surface area contributed by atoms with Crippen molar-refractivity contribution in [1.82, 2.24) is 0 Å². The Morgan fingerprint density at radius 2 is 0.759 bits per heavy atom. The number of alkyl halides is 6. The molecule has 2 nitrogen and oxygen atoms in total. The molecule has 0 N–H and O–H groups in total. The zero-order valence-corrected chi connectivity index (χ0v) is 32.6. The molecule has 2 unspecified atom stereocenters. The van der Waals surface area contributed by atoms with Gasteiger partial charge in [-0.2, -0.15) is 0 Å². The second kappa shape index (κ2) is 11.5. The Bertz CT molecular complexity index is 2410. The van der Waals surface area contributed by atoms with Crippen LogP contribution in [0.15, 0.2) is 170 Å². The van der Waals surface area contributed by atoms with Crippen molar-refractivity contribution in [3.05, 3.63) is 203 Å². The van der Waals surface area contributed by atoms with Gasteiger partial charge in [-0.25, -0.2) is 0 Å². The van der Waals surface area contributed by atoms with Crippen molar-refractivity contribution >= 4 is 25.6 Å². The van der Waals surface area contributed by atoms with Gasteiger partial charge < -0.3 is 0 Å². The van der Waals surface area contributed by atoms with Crippen molar-refractivity contribution in [3.63, 3.8) is 0 Å². The molecule has 6 aromatic rings. The van der Waals surface area contributed by atoms with Gasteiger partial charge in [-0.3, -0.25) is 0 Å². The maximum atomic E-state index is 14.1. The first kappa shape index (κ1) is 36.1. The molecule has 0 aliphatic heterocycles. The molecule has 272 valence electrons. The predicted molar refractivity (Wildman–Crippen MR) is 201 cm³/mol. The van der Waals surface area contributed by atoms with Crippen LogP contribution in [0, 0.1) is 0 Å². The third kappa shape index (κ3) is 4.62. The Kier molecular flexibility index (Phi) is 7.71. The average molecular weight is 828 g/mol. The molecule has 0 spiro atoms. The van der Waals surface area contributed by atoms with E-state index >= 15 is 0 Å². The van der Waals surface area contributed by atoms with Crippen LogP contribution in [0.2, 0.25) is 0 Å². The normalized spacial score (nSPS) is 18.4. The summed E-state index contributed by atoms with van der Waals surface area (Å²) in [5, 5.41) is 0. The Morgan fingerprint density at radius 1 is 0.426 bits per heavy atom. The van der Waals surface area contributed by atoms with E-state index in [0.29, 0.717) is 6.54 Å². The van der Waals surface area contributed by atoms with Gasteiger partial charge in [-0.1, -0.05) is 0 Å². The van der Waals surface area contributed by atoms with Crippen LogP contribution in [0.25, 0.3) is 12.2 Å². The van der Waals surface area contributed by atoms with Crippen molar-refractivity contribution in [1.29, 1.82) is 0 Å². The minimum absolute atomic E-state index is 0.107. The van der Waals surface area contributed by atoms with Crippen LogP contribution in [0.4, 0.5) is 26.3 Å². The summed E-state index contributed by atoms with van der Waals surface area (Å²) in [6.45, 7) is 1.64. The molecule has 6 aromatic carbocycles. The number of hydrogen-bond donors (Lipinski definition) is 0. The van der Waals surface area contributed by atoms with Crippen molar-refractivity contribution in [3.8, 4) is 11.5 Å². The molecule has 2 atom stereocenters.